The second-order valence-electron chi connectivity index (χ2n) is 3.61. The van der Waals surface area contributed by atoms with E-state index in [1.54, 1.807) is 0 Å². The molecule has 4 heteroatoms. The molecule has 1 N–H and O–H groups in total. The van der Waals surface area contributed by atoms with Gasteiger partial charge in [-0.05, 0) is 19.9 Å². The van der Waals surface area contributed by atoms with Gasteiger partial charge >= 0.3 is 6.09 Å². The molecule has 1 amide bonds. The summed E-state index contributed by atoms with van der Waals surface area (Å²) in [6.45, 7) is 7.49. The summed E-state index contributed by atoms with van der Waals surface area (Å²) in [5, 5.41) is 8.78. The van der Waals surface area contributed by atoms with Crippen molar-refractivity contribution < 1.29 is 9.90 Å². The van der Waals surface area contributed by atoms with Gasteiger partial charge in [0.25, 0.3) is 0 Å². The zero-order chi connectivity index (χ0) is 9.84. The topological polar surface area (TPSA) is 43.8 Å². The molecule has 0 radical (unpaired) electrons. The van der Waals surface area contributed by atoms with Crippen LogP contribution < -0.4 is 0 Å². The van der Waals surface area contributed by atoms with E-state index in [0.717, 1.165) is 19.5 Å². The van der Waals surface area contributed by atoms with Gasteiger partial charge in [-0.25, -0.2) is 4.79 Å². The Morgan fingerprint density at radius 3 is 2.69 bits per heavy atom. The van der Waals surface area contributed by atoms with Crippen molar-refractivity contribution >= 4 is 6.09 Å². The molecule has 1 atom stereocenters. The lowest BCUT2D eigenvalue weighted by molar-refractivity contribution is 0.0755. The molecule has 4 nitrogen and oxygen atoms in total. The van der Waals surface area contributed by atoms with E-state index in [-0.39, 0.29) is 0 Å². The van der Waals surface area contributed by atoms with E-state index >= 15 is 0 Å². The van der Waals surface area contributed by atoms with Gasteiger partial charge in [0.2, 0.25) is 0 Å². The molecular weight excluding hydrogens is 168 g/mol. The van der Waals surface area contributed by atoms with Gasteiger partial charge in [0, 0.05) is 25.7 Å². The molecule has 0 aromatic heterocycles. The van der Waals surface area contributed by atoms with Crippen LogP contribution in [0.1, 0.15) is 20.3 Å². The smallest absolute Gasteiger partial charge is 0.407 e. The van der Waals surface area contributed by atoms with E-state index in [1.165, 1.54) is 4.90 Å². The van der Waals surface area contributed by atoms with Crippen molar-refractivity contribution in [2.75, 3.05) is 26.2 Å². The zero-order valence-electron chi connectivity index (χ0n) is 8.36. The SMILES string of the molecule is CCCN1CCN(C(=O)O)C[C@@H]1C. The Morgan fingerprint density at radius 1 is 1.54 bits per heavy atom. The third-order valence-electron chi connectivity index (χ3n) is 2.55. The number of amides is 1. The van der Waals surface area contributed by atoms with Crippen molar-refractivity contribution in [2.24, 2.45) is 0 Å². The number of nitrogens with zero attached hydrogens (tertiary/aromatic N) is 2. The average Bonchev–Trinajstić information content (AvgIpc) is 2.08. The average molecular weight is 186 g/mol. The first kappa shape index (κ1) is 10.3. The molecule has 1 rings (SSSR count). The second kappa shape index (κ2) is 4.46. The van der Waals surface area contributed by atoms with Gasteiger partial charge in [-0.2, -0.15) is 0 Å². The number of hydrogen-bond donors (Lipinski definition) is 1. The first-order chi connectivity index (χ1) is 6.15. The predicted octanol–water partition coefficient (Wildman–Crippen LogP) is 1.08. The van der Waals surface area contributed by atoms with E-state index in [9.17, 15) is 4.79 Å². The molecule has 1 aliphatic rings. The summed E-state index contributed by atoms with van der Waals surface area (Å²) >= 11 is 0. The Kier molecular flexibility index (Phi) is 3.54. The second-order valence-corrected chi connectivity index (χ2v) is 3.61. The monoisotopic (exact) mass is 186 g/mol. The summed E-state index contributed by atoms with van der Waals surface area (Å²) in [5.74, 6) is 0. The standard InChI is InChI=1S/C9H18N2O2/c1-3-4-10-5-6-11(9(12)13)7-8(10)2/h8H,3-7H2,1-2H3,(H,12,13)/t8-/m0/s1. The maximum Gasteiger partial charge on any atom is 0.407 e. The van der Waals surface area contributed by atoms with E-state index < -0.39 is 6.09 Å². The summed E-state index contributed by atoms with van der Waals surface area (Å²) in [4.78, 5) is 14.5. The third-order valence-corrected chi connectivity index (χ3v) is 2.55. The first-order valence-corrected chi connectivity index (χ1v) is 4.87. The fraction of sp³-hybridized carbons (Fsp3) is 0.889. The fourth-order valence-corrected chi connectivity index (χ4v) is 1.79. The molecule has 0 aliphatic carbocycles. The number of carbonyl (C=O) groups is 1. The number of carboxylic acid groups (broad SMARTS) is 1. The Labute approximate surface area is 79.1 Å². The number of rotatable bonds is 2. The van der Waals surface area contributed by atoms with Crippen molar-refractivity contribution in [3.63, 3.8) is 0 Å². The number of piperazine rings is 1. The minimum Gasteiger partial charge on any atom is -0.465 e. The van der Waals surface area contributed by atoms with Crippen LogP contribution in [-0.4, -0.2) is 53.2 Å². The van der Waals surface area contributed by atoms with Crippen LogP contribution in [0.3, 0.4) is 0 Å². The molecule has 0 bridgehead atoms. The third kappa shape index (κ3) is 2.59. The summed E-state index contributed by atoms with van der Waals surface area (Å²) in [6, 6.07) is 0.366. The highest BCUT2D eigenvalue weighted by atomic mass is 16.4. The predicted molar refractivity (Wildman–Crippen MR) is 50.9 cm³/mol. The summed E-state index contributed by atoms with van der Waals surface area (Å²) in [6.07, 6.45) is 0.347. The van der Waals surface area contributed by atoms with Crippen LogP contribution in [0, 0.1) is 0 Å². The van der Waals surface area contributed by atoms with E-state index in [4.69, 9.17) is 5.11 Å². The van der Waals surface area contributed by atoms with Gasteiger partial charge in [0.15, 0.2) is 0 Å². The molecule has 0 aromatic rings. The highest BCUT2D eigenvalue weighted by Crippen LogP contribution is 2.09. The number of hydrogen-bond acceptors (Lipinski definition) is 2. The lowest BCUT2D eigenvalue weighted by Gasteiger charge is -2.38. The van der Waals surface area contributed by atoms with Crippen LogP contribution in [-0.2, 0) is 0 Å². The summed E-state index contributed by atoms with van der Waals surface area (Å²) in [7, 11) is 0. The molecule has 1 heterocycles. The van der Waals surface area contributed by atoms with Crippen molar-refractivity contribution in [2.45, 2.75) is 26.3 Å². The van der Waals surface area contributed by atoms with Gasteiger partial charge in [-0.3, -0.25) is 4.90 Å². The molecule has 1 saturated heterocycles. The van der Waals surface area contributed by atoms with Gasteiger partial charge in [0.05, 0.1) is 0 Å². The zero-order valence-corrected chi connectivity index (χ0v) is 8.36. The molecule has 0 saturated carbocycles. The van der Waals surface area contributed by atoms with E-state index in [0.29, 0.717) is 19.1 Å². The van der Waals surface area contributed by atoms with Crippen molar-refractivity contribution in [1.29, 1.82) is 0 Å². The van der Waals surface area contributed by atoms with Gasteiger partial charge in [-0.1, -0.05) is 6.92 Å². The van der Waals surface area contributed by atoms with Gasteiger partial charge in [0.1, 0.15) is 0 Å². The van der Waals surface area contributed by atoms with Crippen molar-refractivity contribution in [1.82, 2.24) is 9.80 Å². The molecule has 13 heavy (non-hydrogen) atoms. The Bertz CT molecular complexity index is 184. The molecule has 1 aliphatic heterocycles. The largest absolute Gasteiger partial charge is 0.465 e. The first-order valence-electron chi connectivity index (χ1n) is 4.87. The van der Waals surface area contributed by atoms with Crippen LogP contribution in [0.2, 0.25) is 0 Å². The van der Waals surface area contributed by atoms with Crippen LogP contribution in [0.4, 0.5) is 4.79 Å². The minimum atomic E-state index is -0.789. The molecular formula is C9H18N2O2. The van der Waals surface area contributed by atoms with Crippen LogP contribution >= 0.6 is 0 Å². The highest BCUT2D eigenvalue weighted by Gasteiger charge is 2.25. The van der Waals surface area contributed by atoms with E-state index in [1.807, 2.05) is 0 Å². The maximum atomic E-state index is 10.7. The molecule has 0 unspecified atom stereocenters. The summed E-state index contributed by atoms with van der Waals surface area (Å²) < 4.78 is 0. The lowest BCUT2D eigenvalue weighted by Crippen LogP contribution is -2.53. The van der Waals surface area contributed by atoms with Crippen LogP contribution in [0.25, 0.3) is 0 Å². The van der Waals surface area contributed by atoms with Crippen molar-refractivity contribution in [3.05, 3.63) is 0 Å². The van der Waals surface area contributed by atoms with Crippen LogP contribution in [0.15, 0.2) is 0 Å². The Morgan fingerprint density at radius 2 is 2.23 bits per heavy atom. The fourth-order valence-electron chi connectivity index (χ4n) is 1.79. The Balaban J connectivity index is 2.41. The lowest BCUT2D eigenvalue weighted by atomic mass is 10.2. The Hall–Kier alpha value is -0.770. The molecule has 0 aromatic carbocycles. The molecule has 1 fully saturated rings. The quantitative estimate of drug-likeness (QED) is 0.701. The van der Waals surface area contributed by atoms with Gasteiger partial charge in [-0.15, -0.1) is 0 Å². The minimum absolute atomic E-state index is 0.366. The molecule has 0 spiro atoms. The maximum absolute atomic E-state index is 10.7. The highest BCUT2D eigenvalue weighted by molar-refractivity contribution is 5.65. The molecule has 76 valence electrons. The van der Waals surface area contributed by atoms with Crippen LogP contribution in [0.5, 0.6) is 0 Å². The van der Waals surface area contributed by atoms with Crippen molar-refractivity contribution in [3.8, 4) is 0 Å². The summed E-state index contributed by atoms with van der Waals surface area (Å²) in [5.41, 5.74) is 0. The van der Waals surface area contributed by atoms with Gasteiger partial charge < -0.3 is 10.0 Å². The van der Waals surface area contributed by atoms with E-state index in [2.05, 4.69) is 18.7 Å². The normalized spacial score (nSPS) is 24.8.